The Labute approximate surface area is 101 Å². The smallest absolute Gasteiger partial charge is 0.0684 e. The summed E-state index contributed by atoms with van der Waals surface area (Å²) in [5.41, 5.74) is -0.189. The Morgan fingerprint density at radius 2 is 1.81 bits per heavy atom. The van der Waals surface area contributed by atoms with Crippen LogP contribution in [0.3, 0.4) is 0 Å². The third-order valence-electron chi connectivity index (χ3n) is 2.95. The van der Waals surface area contributed by atoms with E-state index in [0.717, 1.165) is 32.6 Å². The summed E-state index contributed by atoms with van der Waals surface area (Å²) in [5.74, 6) is 0. The van der Waals surface area contributed by atoms with Crippen LogP contribution in [0.15, 0.2) is 0 Å². The molecular formula is C13H27N3. The van der Waals surface area contributed by atoms with Crippen molar-refractivity contribution in [2.24, 2.45) is 5.41 Å². The molecule has 0 aliphatic rings. The summed E-state index contributed by atoms with van der Waals surface area (Å²) in [4.78, 5) is 2.43. The third kappa shape index (κ3) is 7.67. The molecule has 0 aliphatic carbocycles. The van der Waals surface area contributed by atoms with Gasteiger partial charge in [-0.3, -0.25) is 0 Å². The van der Waals surface area contributed by atoms with Gasteiger partial charge in [0, 0.05) is 0 Å². The van der Waals surface area contributed by atoms with Gasteiger partial charge in [0.15, 0.2) is 0 Å². The van der Waals surface area contributed by atoms with Crippen molar-refractivity contribution < 1.29 is 0 Å². The average molecular weight is 225 g/mol. The van der Waals surface area contributed by atoms with Crippen molar-refractivity contribution >= 4 is 0 Å². The van der Waals surface area contributed by atoms with Crippen molar-refractivity contribution in [3.63, 3.8) is 0 Å². The summed E-state index contributed by atoms with van der Waals surface area (Å²) < 4.78 is 0. The topological polar surface area (TPSA) is 39.1 Å². The van der Waals surface area contributed by atoms with E-state index < -0.39 is 0 Å². The SMILES string of the molecule is CCN(CC)CCCNCCC(C)(C)C#N. The van der Waals surface area contributed by atoms with Gasteiger partial charge in [-0.25, -0.2) is 0 Å². The molecule has 0 atom stereocenters. The Bertz CT molecular complexity index is 202. The molecule has 0 aromatic rings. The van der Waals surface area contributed by atoms with E-state index in [0.29, 0.717) is 0 Å². The Morgan fingerprint density at radius 1 is 1.19 bits per heavy atom. The van der Waals surface area contributed by atoms with Gasteiger partial charge >= 0.3 is 0 Å². The summed E-state index contributed by atoms with van der Waals surface area (Å²) in [5, 5.41) is 12.3. The van der Waals surface area contributed by atoms with Crippen LogP contribution in [0.1, 0.15) is 40.5 Å². The Balaban J connectivity index is 3.38. The van der Waals surface area contributed by atoms with Crippen LogP contribution in [-0.2, 0) is 0 Å². The van der Waals surface area contributed by atoms with Gasteiger partial charge in [-0.15, -0.1) is 0 Å². The Kier molecular flexibility index (Phi) is 8.23. The fraction of sp³-hybridized carbons (Fsp3) is 0.923. The van der Waals surface area contributed by atoms with Gasteiger partial charge in [0.05, 0.1) is 11.5 Å². The fourth-order valence-electron chi connectivity index (χ4n) is 1.55. The standard InChI is InChI=1S/C13H27N3/c1-5-16(6-2)11-7-9-15-10-8-13(3,4)12-14/h15H,5-11H2,1-4H3. The lowest BCUT2D eigenvalue weighted by Gasteiger charge is -2.18. The van der Waals surface area contributed by atoms with Crippen LogP contribution >= 0.6 is 0 Å². The minimum absolute atomic E-state index is 0.189. The van der Waals surface area contributed by atoms with E-state index in [4.69, 9.17) is 5.26 Å². The van der Waals surface area contributed by atoms with Crippen LogP contribution in [0.4, 0.5) is 0 Å². The number of hydrogen-bond donors (Lipinski definition) is 1. The first-order chi connectivity index (χ1) is 7.55. The van der Waals surface area contributed by atoms with Crippen molar-refractivity contribution in [3.8, 4) is 6.07 Å². The van der Waals surface area contributed by atoms with Gasteiger partial charge in [-0.1, -0.05) is 13.8 Å². The summed E-state index contributed by atoms with van der Waals surface area (Å²) >= 11 is 0. The zero-order valence-electron chi connectivity index (χ0n) is 11.3. The normalized spacial score (nSPS) is 11.8. The van der Waals surface area contributed by atoms with Crippen molar-refractivity contribution in [3.05, 3.63) is 0 Å². The molecule has 94 valence electrons. The van der Waals surface area contributed by atoms with Crippen LogP contribution in [0, 0.1) is 16.7 Å². The van der Waals surface area contributed by atoms with E-state index in [2.05, 4.69) is 30.1 Å². The van der Waals surface area contributed by atoms with Crippen LogP contribution in [0.25, 0.3) is 0 Å². The van der Waals surface area contributed by atoms with E-state index in [1.54, 1.807) is 0 Å². The van der Waals surface area contributed by atoms with Crippen molar-refractivity contribution in [1.82, 2.24) is 10.2 Å². The van der Waals surface area contributed by atoms with E-state index in [-0.39, 0.29) is 5.41 Å². The molecule has 0 fully saturated rings. The van der Waals surface area contributed by atoms with Gasteiger partial charge in [0.2, 0.25) is 0 Å². The summed E-state index contributed by atoms with van der Waals surface area (Å²) in [7, 11) is 0. The van der Waals surface area contributed by atoms with Crippen LogP contribution in [-0.4, -0.2) is 37.6 Å². The second-order valence-electron chi connectivity index (χ2n) is 4.88. The molecule has 0 aromatic heterocycles. The molecule has 0 aliphatic heterocycles. The molecular weight excluding hydrogens is 198 g/mol. The second kappa shape index (κ2) is 8.55. The molecule has 0 aromatic carbocycles. The molecule has 3 heteroatoms. The molecule has 0 saturated carbocycles. The molecule has 0 rings (SSSR count). The zero-order chi connectivity index (χ0) is 12.4. The average Bonchev–Trinajstić information content (AvgIpc) is 2.28. The molecule has 0 heterocycles. The lowest BCUT2D eigenvalue weighted by Crippen LogP contribution is -2.28. The quantitative estimate of drug-likeness (QED) is 0.612. The summed E-state index contributed by atoms with van der Waals surface area (Å²) in [6.45, 7) is 13.8. The molecule has 1 N–H and O–H groups in total. The molecule has 0 bridgehead atoms. The number of hydrogen-bond acceptors (Lipinski definition) is 3. The lowest BCUT2D eigenvalue weighted by molar-refractivity contribution is 0.297. The first kappa shape index (κ1) is 15.4. The zero-order valence-corrected chi connectivity index (χ0v) is 11.3. The molecule has 0 radical (unpaired) electrons. The number of nitrogens with one attached hydrogen (secondary N) is 1. The maximum atomic E-state index is 8.85. The largest absolute Gasteiger partial charge is 0.317 e. The number of nitrogens with zero attached hydrogens (tertiary/aromatic N) is 2. The second-order valence-corrected chi connectivity index (χ2v) is 4.88. The van der Waals surface area contributed by atoms with Crippen LogP contribution in [0.5, 0.6) is 0 Å². The van der Waals surface area contributed by atoms with E-state index in [1.165, 1.54) is 13.0 Å². The van der Waals surface area contributed by atoms with E-state index >= 15 is 0 Å². The van der Waals surface area contributed by atoms with Gasteiger partial charge in [0.1, 0.15) is 0 Å². The predicted octanol–water partition coefficient (Wildman–Crippen LogP) is 2.25. The van der Waals surface area contributed by atoms with E-state index in [9.17, 15) is 0 Å². The predicted molar refractivity (Wildman–Crippen MR) is 69.3 cm³/mol. The molecule has 0 spiro atoms. The molecule has 0 saturated heterocycles. The van der Waals surface area contributed by atoms with Gasteiger partial charge in [0.25, 0.3) is 0 Å². The maximum absolute atomic E-state index is 8.85. The highest BCUT2D eigenvalue weighted by Gasteiger charge is 2.15. The highest BCUT2D eigenvalue weighted by molar-refractivity contribution is 4.91. The van der Waals surface area contributed by atoms with Gasteiger partial charge in [-0.2, -0.15) is 5.26 Å². The Morgan fingerprint density at radius 3 is 2.31 bits per heavy atom. The number of nitriles is 1. The minimum atomic E-state index is -0.189. The molecule has 3 nitrogen and oxygen atoms in total. The van der Waals surface area contributed by atoms with Crippen LogP contribution in [0.2, 0.25) is 0 Å². The van der Waals surface area contributed by atoms with Gasteiger partial charge in [-0.05, 0) is 59.4 Å². The summed E-state index contributed by atoms with van der Waals surface area (Å²) in [6, 6.07) is 2.32. The summed E-state index contributed by atoms with van der Waals surface area (Å²) in [6.07, 6.45) is 2.11. The molecule has 0 amide bonds. The highest BCUT2D eigenvalue weighted by atomic mass is 15.1. The first-order valence-electron chi connectivity index (χ1n) is 6.40. The first-order valence-corrected chi connectivity index (χ1v) is 6.40. The third-order valence-corrected chi connectivity index (χ3v) is 2.95. The van der Waals surface area contributed by atoms with Crippen molar-refractivity contribution in [1.29, 1.82) is 5.26 Å². The van der Waals surface area contributed by atoms with Crippen molar-refractivity contribution in [2.75, 3.05) is 32.7 Å². The molecule has 0 unspecified atom stereocenters. The van der Waals surface area contributed by atoms with Gasteiger partial charge < -0.3 is 10.2 Å². The minimum Gasteiger partial charge on any atom is -0.317 e. The lowest BCUT2D eigenvalue weighted by atomic mass is 9.91. The maximum Gasteiger partial charge on any atom is 0.0684 e. The molecule has 16 heavy (non-hydrogen) atoms. The Hall–Kier alpha value is -0.590. The monoisotopic (exact) mass is 225 g/mol. The van der Waals surface area contributed by atoms with Crippen LogP contribution < -0.4 is 5.32 Å². The van der Waals surface area contributed by atoms with E-state index in [1.807, 2.05) is 13.8 Å². The highest BCUT2D eigenvalue weighted by Crippen LogP contribution is 2.16. The fourth-order valence-corrected chi connectivity index (χ4v) is 1.55. The number of rotatable bonds is 9. The van der Waals surface area contributed by atoms with Crippen molar-refractivity contribution in [2.45, 2.75) is 40.5 Å².